The van der Waals surface area contributed by atoms with Crippen molar-refractivity contribution in [2.75, 3.05) is 35.2 Å². The number of nitrogens with zero attached hydrogens (tertiary/aromatic N) is 2. The molecule has 1 fully saturated rings. The Labute approximate surface area is 107 Å². The molecule has 0 spiro atoms. The lowest BCUT2D eigenvalue weighted by Gasteiger charge is -2.10. The molecule has 1 aromatic heterocycles. The molecule has 1 unspecified atom stereocenters. The highest BCUT2D eigenvalue weighted by atomic mass is 32.2. The van der Waals surface area contributed by atoms with Gasteiger partial charge in [-0.3, -0.25) is 0 Å². The number of nitrogens with one attached hydrogen (secondary N) is 2. The monoisotopic (exact) mass is 270 g/mol. The van der Waals surface area contributed by atoms with Crippen molar-refractivity contribution in [3.8, 4) is 0 Å². The largest absolute Gasteiger partial charge is 0.370 e. The maximum absolute atomic E-state index is 11.3. The second-order valence-corrected chi connectivity index (χ2v) is 6.67. The molecule has 1 aliphatic rings. The molecule has 1 aromatic rings. The Hall–Kier alpha value is -1.37. The van der Waals surface area contributed by atoms with E-state index in [2.05, 4.69) is 20.6 Å². The van der Waals surface area contributed by atoms with Crippen LogP contribution < -0.4 is 10.6 Å². The number of rotatable bonds is 5. The van der Waals surface area contributed by atoms with E-state index >= 15 is 0 Å². The van der Waals surface area contributed by atoms with Gasteiger partial charge in [-0.05, 0) is 25.3 Å². The molecule has 1 saturated heterocycles. The lowest BCUT2D eigenvalue weighted by Crippen LogP contribution is -2.17. The van der Waals surface area contributed by atoms with E-state index in [1.807, 2.05) is 6.92 Å². The zero-order valence-electron chi connectivity index (χ0n) is 10.4. The minimum absolute atomic E-state index is 0.168. The van der Waals surface area contributed by atoms with Crippen LogP contribution in [0.25, 0.3) is 0 Å². The predicted octanol–water partition coefficient (Wildman–Crippen LogP) is 0.755. The third-order valence-corrected chi connectivity index (χ3v) is 4.73. The molecule has 0 saturated carbocycles. The Morgan fingerprint density at radius 2 is 2.28 bits per heavy atom. The van der Waals surface area contributed by atoms with Gasteiger partial charge in [-0.15, -0.1) is 0 Å². The third-order valence-electron chi connectivity index (χ3n) is 2.89. The van der Waals surface area contributed by atoms with Crippen LogP contribution >= 0.6 is 0 Å². The van der Waals surface area contributed by atoms with Gasteiger partial charge in [-0.25, -0.2) is 13.4 Å². The Balaban J connectivity index is 1.88. The van der Waals surface area contributed by atoms with Crippen LogP contribution in [0.5, 0.6) is 0 Å². The van der Waals surface area contributed by atoms with E-state index in [0.717, 1.165) is 18.8 Å². The Bertz CT molecular complexity index is 504. The number of aromatic nitrogens is 2. The molecular weight excluding hydrogens is 252 g/mol. The molecule has 0 aromatic carbocycles. The second-order valence-electron chi connectivity index (χ2n) is 4.45. The van der Waals surface area contributed by atoms with Gasteiger partial charge in [0.05, 0.1) is 11.5 Å². The van der Waals surface area contributed by atoms with Crippen LogP contribution in [0.4, 0.5) is 11.8 Å². The van der Waals surface area contributed by atoms with Crippen LogP contribution in [0.1, 0.15) is 13.3 Å². The molecule has 2 heterocycles. The van der Waals surface area contributed by atoms with Crippen molar-refractivity contribution in [1.82, 2.24) is 9.97 Å². The van der Waals surface area contributed by atoms with Gasteiger partial charge >= 0.3 is 0 Å². The molecule has 2 N–H and O–H groups in total. The van der Waals surface area contributed by atoms with Crippen LogP contribution in [-0.4, -0.2) is 43.0 Å². The van der Waals surface area contributed by atoms with Crippen molar-refractivity contribution in [1.29, 1.82) is 0 Å². The fourth-order valence-corrected chi connectivity index (χ4v) is 3.85. The molecule has 6 nitrogen and oxygen atoms in total. The van der Waals surface area contributed by atoms with Gasteiger partial charge in [0.25, 0.3) is 0 Å². The first-order chi connectivity index (χ1) is 8.59. The number of hydrogen-bond donors (Lipinski definition) is 2. The Kier molecular flexibility index (Phi) is 4.00. The Morgan fingerprint density at radius 3 is 2.94 bits per heavy atom. The molecule has 18 heavy (non-hydrogen) atoms. The molecular formula is C11H18N4O2S. The van der Waals surface area contributed by atoms with Crippen molar-refractivity contribution < 1.29 is 8.42 Å². The molecule has 0 aliphatic carbocycles. The lowest BCUT2D eigenvalue weighted by molar-refractivity contribution is 0.595. The van der Waals surface area contributed by atoms with Crippen molar-refractivity contribution >= 4 is 21.6 Å². The summed E-state index contributed by atoms with van der Waals surface area (Å²) in [7, 11) is -2.81. The van der Waals surface area contributed by atoms with Crippen LogP contribution in [0, 0.1) is 5.92 Å². The molecule has 1 atom stereocenters. The summed E-state index contributed by atoms with van der Waals surface area (Å²) >= 11 is 0. The molecule has 2 rings (SSSR count). The van der Waals surface area contributed by atoms with E-state index < -0.39 is 9.84 Å². The Morgan fingerprint density at radius 1 is 1.44 bits per heavy atom. The van der Waals surface area contributed by atoms with Crippen molar-refractivity contribution in [3.05, 3.63) is 12.3 Å². The van der Waals surface area contributed by atoms with Crippen molar-refractivity contribution in [2.24, 2.45) is 5.92 Å². The highest BCUT2D eigenvalue weighted by molar-refractivity contribution is 7.91. The van der Waals surface area contributed by atoms with Crippen LogP contribution in [0.3, 0.4) is 0 Å². The van der Waals surface area contributed by atoms with Crippen molar-refractivity contribution in [3.63, 3.8) is 0 Å². The number of anilines is 2. The van der Waals surface area contributed by atoms with E-state index in [0.29, 0.717) is 18.2 Å². The van der Waals surface area contributed by atoms with Gasteiger partial charge in [0.2, 0.25) is 5.95 Å². The average molecular weight is 270 g/mol. The summed E-state index contributed by atoms with van der Waals surface area (Å²) in [6.45, 7) is 3.41. The molecule has 0 amide bonds. The minimum Gasteiger partial charge on any atom is -0.370 e. The molecule has 0 radical (unpaired) electrons. The van der Waals surface area contributed by atoms with E-state index in [9.17, 15) is 8.42 Å². The van der Waals surface area contributed by atoms with Crippen LogP contribution in [0.2, 0.25) is 0 Å². The summed E-state index contributed by atoms with van der Waals surface area (Å²) in [5, 5.41) is 6.20. The summed E-state index contributed by atoms with van der Waals surface area (Å²) in [4.78, 5) is 8.38. The molecule has 0 bridgehead atoms. The lowest BCUT2D eigenvalue weighted by atomic mass is 10.1. The summed E-state index contributed by atoms with van der Waals surface area (Å²) in [6, 6.07) is 1.80. The third kappa shape index (κ3) is 3.56. The van der Waals surface area contributed by atoms with Gasteiger partial charge in [0.15, 0.2) is 9.84 Å². The fourth-order valence-electron chi connectivity index (χ4n) is 1.99. The standard InChI is InChI=1S/C11H18N4O2S/c1-2-12-10-3-5-13-11(15-10)14-7-9-4-6-18(16,17)8-9/h3,5,9H,2,4,6-8H2,1H3,(H2,12,13,14,15). The summed E-state index contributed by atoms with van der Waals surface area (Å²) < 4.78 is 22.6. The highest BCUT2D eigenvalue weighted by Gasteiger charge is 2.27. The predicted molar refractivity (Wildman–Crippen MR) is 71.4 cm³/mol. The highest BCUT2D eigenvalue weighted by Crippen LogP contribution is 2.18. The molecule has 100 valence electrons. The zero-order chi connectivity index (χ0) is 13.0. The van der Waals surface area contributed by atoms with E-state index in [1.54, 1.807) is 12.3 Å². The van der Waals surface area contributed by atoms with Gasteiger partial charge < -0.3 is 10.6 Å². The first kappa shape index (κ1) is 13.1. The zero-order valence-corrected chi connectivity index (χ0v) is 11.2. The minimum atomic E-state index is -2.81. The summed E-state index contributed by atoms with van der Waals surface area (Å²) in [5.41, 5.74) is 0. The van der Waals surface area contributed by atoms with Crippen LogP contribution in [0.15, 0.2) is 12.3 Å². The first-order valence-corrected chi connectivity index (χ1v) is 7.92. The second kappa shape index (κ2) is 5.51. The maximum atomic E-state index is 11.3. The number of sulfone groups is 1. The smallest absolute Gasteiger partial charge is 0.224 e. The fraction of sp³-hybridized carbons (Fsp3) is 0.636. The quantitative estimate of drug-likeness (QED) is 0.821. The van der Waals surface area contributed by atoms with Gasteiger partial charge in [0.1, 0.15) is 5.82 Å². The average Bonchev–Trinajstić information content (AvgIpc) is 2.68. The van der Waals surface area contributed by atoms with E-state index in [-0.39, 0.29) is 11.7 Å². The molecule has 7 heteroatoms. The number of hydrogen-bond acceptors (Lipinski definition) is 6. The summed E-state index contributed by atoms with van der Waals surface area (Å²) in [6.07, 6.45) is 2.40. The van der Waals surface area contributed by atoms with Gasteiger partial charge in [-0.1, -0.05) is 0 Å². The van der Waals surface area contributed by atoms with Crippen molar-refractivity contribution in [2.45, 2.75) is 13.3 Å². The topological polar surface area (TPSA) is 84.0 Å². The van der Waals surface area contributed by atoms with E-state index in [4.69, 9.17) is 0 Å². The van der Waals surface area contributed by atoms with Crippen LogP contribution in [-0.2, 0) is 9.84 Å². The maximum Gasteiger partial charge on any atom is 0.224 e. The van der Waals surface area contributed by atoms with E-state index in [1.165, 1.54) is 0 Å². The molecule has 1 aliphatic heterocycles. The van der Waals surface area contributed by atoms with Gasteiger partial charge in [-0.2, -0.15) is 4.98 Å². The van der Waals surface area contributed by atoms with Gasteiger partial charge in [0, 0.05) is 19.3 Å². The normalized spacial score (nSPS) is 21.7. The summed E-state index contributed by atoms with van der Waals surface area (Å²) in [5.74, 6) is 2.05. The first-order valence-electron chi connectivity index (χ1n) is 6.10. The SMILES string of the molecule is CCNc1ccnc(NCC2CCS(=O)(=O)C2)n1.